The molecule has 0 spiro atoms. The normalized spacial score (nSPS) is 20.5. The molecule has 0 saturated heterocycles. The Labute approximate surface area is 87.5 Å². The Morgan fingerprint density at radius 3 is 2.87 bits per heavy atom. The molecule has 4 heteroatoms. The maximum absolute atomic E-state index is 11.8. The summed E-state index contributed by atoms with van der Waals surface area (Å²) in [6.45, 7) is 1.73. The van der Waals surface area contributed by atoms with Gasteiger partial charge in [0.1, 0.15) is 0 Å². The van der Waals surface area contributed by atoms with E-state index in [0.717, 1.165) is 0 Å². The summed E-state index contributed by atoms with van der Waals surface area (Å²) in [4.78, 5) is 23.3. The molecule has 0 bridgehead atoms. The van der Waals surface area contributed by atoms with Crippen molar-refractivity contribution >= 4 is 23.1 Å². The lowest BCUT2D eigenvalue weighted by atomic mass is 10.00. The van der Waals surface area contributed by atoms with Gasteiger partial charge in [-0.3, -0.25) is 9.59 Å². The highest BCUT2D eigenvalue weighted by molar-refractivity contribution is 6.12. The van der Waals surface area contributed by atoms with Crippen LogP contribution in [-0.4, -0.2) is 11.7 Å². The van der Waals surface area contributed by atoms with Gasteiger partial charge in [0.25, 0.3) is 0 Å². The molecule has 1 heterocycles. The van der Waals surface area contributed by atoms with Crippen molar-refractivity contribution in [3.05, 3.63) is 23.8 Å². The summed E-state index contributed by atoms with van der Waals surface area (Å²) in [5.74, 6) is -0.508. The Balaban J connectivity index is 2.56. The van der Waals surface area contributed by atoms with Gasteiger partial charge >= 0.3 is 0 Å². The molecule has 0 radical (unpaired) electrons. The van der Waals surface area contributed by atoms with Crippen molar-refractivity contribution in [2.45, 2.75) is 13.3 Å². The van der Waals surface area contributed by atoms with Crippen molar-refractivity contribution in [3.63, 3.8) is 0 Å². The molecule has 2 rings (SSSR count). The molecule has 0 unspecified atom stereocenters. The maximum atomic E-state index is 11.8. The Bertz CT molecular complexity index is 440. The third-order valence-corrected chi connectivity index (χ3v) is 2.57. The van der Waals surface area contributed by atoms with Crippen LogP contribution >= 0.6 is 0 Å². The van der Waals surface area contributed by atoms with E-state index in [1.807, 2.05) is 0 Å². The van der Waals surface area contributed by atoms with Crippen LogP contribution in [0.3, 0.4) is 0 Å². The minimum absolute atomic E-state index is 0.0750. The number of nitrogen functional groups attached to an aromatic ring is 1. The van der Waals surface area contributed by atoms with E-state index in [2.05, 4.69) is 5.32 Å². The molecule has 0 aromatic heterocycles. The van der Waals surface area contributed by atoms with E-state index < -0.39 is 0 Å². The van der Waals surface area contributed by atoms with Gasteiger partial charge in [0.05, 0.1) is 11.3 Å². The van der Waals surface area contributed by atoms with Crippen molar-refractivity contribution in [2.75, 3.05) is 11.1 Å². The average molecular weight is 204 g/mol. The zero-order valence-corrected chi connectivity index (χ0v) is 8.41. The van der Waals surface area contributed by atoms with Crippen LogP contribution in [0, 0.1) is 5.92 Å². The maximum Gasteiger partial charge on any atom is 0.227 e. The number of Topliss-reactive ketones (excluding diaryl/α,β-unsaturated/α-hetero) is 1. The van der Waals surface area contributed by atoms with Crippen LogP contribution in [0.15, 0.2) is 18.2 Å². The first-order valence-electron chi connectivity index (χ1n) is 4.82. The van der Waals surface area contributed by atoms with Crippen LogP contribution in [0.25, 0.3) is 0 Å². The highest BCUT2D eigenvalue weighted by Crippen LogP contribution is 2.28. The van der Waals surface area contributed by atoms with Gasteiger partial charge in [-0.25, -0.2) is 0 Å². The highest BCUT2D eigenvalue weighted by atomic mass is 16.2. The van der Waals surface area contributed by atoms with Gasteiger partial charge in [-0.1, -0.05) is 13.0 Å². The largest absolute Gasteiger partial charge is 0.398 e. The van der Waals surface area contributed by atoms with E-state index in [0.29, 0.717) is 16.9 Å². The summed E-state index contributed by atoms with van der Waals surface area (Å²) in [5, 5.41) is 2.70. The standard InChI is InChI=1S/C11H12N2O2/c1-6-5-9(14)10-7(12)3-2-4-8(10)13-11(6)15/h2-4,6H,5,12H2,1H3,(H,13,15)/t6-/m0/s1. The van der Waals surface area contributed by atoms with Crippen molar-refractivity contribution in [1.82, 2.24) is 0 Å². The van der Waals surface area contributed by atoms with Crippen molar-refractivity contribution in [1.29, 1.82) is 0 Å². The number of amides is 1. The molecule has 1 aromatic carbocycles. The van der Waals surface area contributed by atoms with Crippen LogP contribution < -0.4 is 11.1 Å². The number of nitrogens with two attached hydrogens (primary N) is 1. The molecular weight excluding hydrogens is 192 g/mol. The number of hydrogen-bond acceptors (Lipinski definition) is 3. The fourth-order valence-corrected chi connectivity index (χ4v) is 1.71. The van der Waals surface area contributed by atoms with Gasteiger partial charge in [-0.2, -0.15) is 0 Å². The van der Waals surface area contributed by atoms with E-state index in [1.165, 1.54) is 0 Å². The Morgan fingerprint density at radius 1 is 1.40 bits per heavy atom. The third-order valence-electron chi connectivity index (χ3n) is 2.57. The van der Waals surface area contributed by atoms with E-state index in [-0.39, 0.29) is 24.0 Å². The van der Waals surface area contributed by atoms with Gasteiger partial charge in [0.15, 0.2) is 5.78 Å². The Hall–Kier alpha value is -1.84. The van der Waals surface area contributed by atoms with Gasteiger partial charge in [0.2, 0.25) is 5.91 Å². The number of nitrogens with one attached hydrogen (secondary N) is 1. The number of carbonyl (C=O) groups is 2. The molecule has 1 atom stereocenters. The lowest BCUT2D eigenvalue weighted by molar-refractivity contribution is -0.119. The van der Waals surface area contributed by atoms with E-state index in [4.69, 9.17) is 5.73 Å². The molecule has 0 aliphatic carbocycles. The molecular formula is C11H12N2O2. The number of ketones is 1. The number of hydrogen-bond donors (Lipinski definition) is 2. The Morgan fingerprint density at radius 2 is 2.13 bits per heavy atom. The fraction of sp³-hybridized carbons (Fsp3) is 0.273. The lowest BCUT2D eigenvalue weighted by Crippen LogP contribution is -2.18. The fourth-order valence-electron chi connectivity index (χ4n) is 1.71. The quantitative estimate of drug-likeness (QED) is 0.628. The predicted octanol–water partition coefficient (Wildman–Crippen LogP) is 1.43. The number of fused-ring (bicyclic) bond motifs is 1. The highest BCUT2D eigenvalue weighted by Gasteiger charge is 2.26. The molecule has 3 N–H and O–H groups in total. The molecule has 1 aliphatic heterocycles. The number of rotatable bonds is 0. The van der Waals surface area contributed by atoms with Gasteiger partial charge in [0, 0.05) is 18.0 Å². The molecule has 1 aromatic rings. The summed E-state index contributed by atoms with van der Waals surface area (Å²) in [6, 6.07) is 5.08. The predicted molar refractivity (Wildman–Crippen MR) is 57.6 cm³/mol. The molecule has 1 aliphatic rings. The summed E-state index contributed by atoms with van der Waals surface area (Å²) in [7, 11) is 0. The second kappa shape index (κ2) is 3.38. The topological polar surface area (TPSA) is 72.2 Å². The van der Waals surface area contributed by atoms with E-state index in [9.17, 15) is 9.59 Å². The van der Waals surface area contributed by atoms with Gasteiger partial charge in [-0.15, -0.1) is 0 Å². The molecule has 4 nitrogen and oxygen atoms in total. The monoisotopic (exact) mass is 204 g/mol. The molecule has 78 valence electrons. The average Bonchev–Trinajstić information content (AvgIpc) is 2.26. The van der Waals surface area contributed by atoms with Crippen molar-refractivity contribution in [3.8, 4) is 0 Å². The van der Waals surface area contributed by atoms with Crippen LogP contribution in [0.5, 0.6) is 0 Å². The molecule has 0 fully saturated rings. The van der Waals surface area contributed by atoms with Gasteiger partial charge < -0.3 is 11.1 Å². The number of carbonyl (C=O) groups excluding carboxylic acids is 2. The second-order valence-electron chi connectivity index (χ2n) is 3.79. The first-order valence-corrected chi connectivity index (χ1v) is 4.82. The molecule has 1 amide bonds. The molecule has 15 heavy (non-hydrogen) atoms. The van der Waals surface area contributed by atoms with Crippen molar-refractivity contribution < 1.29 is 9.59 Å². The number of benzene rings is 1. The minimum atomic E-state index is -0.302. The summed E-state index contributed by atoms with van der Waals surface area (Å²) in [5.41, 5.74) is 7.11. The first-order chi connectivity index (χ1) is 7.09. The van der Waals surface area contributed by atoms with E-state index >= 15 is 0 Å². The SMILES string of the molecule is C[C@H]1CC(=O)c2c(N)cccc2NC1=O. The first kappa shape index (κ1) is 9.71. The summed E-state index contributed by atoms with van der Waals surface area (Å²) >= 11 is 0. The minimum Gasteiger partial charge on any atom is -0.398 e. The zero-order valence-electron chi connectivity index (χ0n) is 8.41. The van der Waals surface area contributed by atoms with Crippen LogP contribution in [0.4, 0.5) is 11.4 Å². The van der Waals surface area contributed by atoms with Gasteiger partial charge in [-0.05, 0) is 12.1 Å². The van der Waals surface area contributed by atoms with Crippen LogP contribution in [0.2, 0.25) is 0 Å². The number of anilines is 2. The van der Waals surface area contributed by atoms with E-state index in [1.54, 1.807) is 25.1 Å². The molecule has 0 saturated carbocycles. The van der Waals surface area contributed by atoms with Crippen molar-refractivity contribution in [2.24, 2.45) is 5.92 Å². The zero-order chi connectivity index (χ0) is 11.0. The second-order valence-corrected chi connectivity index (χ2v) is 3.79. The Kier molecular flexibility index (Phi) is 2.19. The summed E-state index contributed by atoms with van der Waals surface area (Å²) in [6.07, 6.45) is 0.215. The smallest absolute Gasteiger partial charge is 0.227 e. The third kappa shape index (κ3) is 1.58. The van der Waals surface area contributed by atoms with Crippen LogP contribution in [-0.2, 0) is 4.79 Å². The summed E-state index contributed by atoms with van der Waals surface area (Å²) < 4.78 is 0. The van der Waals surface area contributed by atoms with Crippen LogP contribution in [0.1, 0.15) is 23.7 Å². The lowest BCUT2D eigenvalue weighted by Gasteiger charge is -2.07.